The molecule has 0 N–H and O–H groups in total. The molecule has 0 aromatic carbocycles. The molecular formula is C14H24N2O5. The van der Waals surface area contributed by atoms with Gasteiger partial charge in [-0.3, -0.25) is 0 Å². The molecule has 0 saturated heterocycles. The van der Waals surface area contributed by atoms with Gasteiger partial charge in [-0.2, -0.15) is 4.79 Å². The van der Waals surface area contributed by atoms with E-state index in [1.807, 2.05) is 13.8 Å². The molecule has 1 unspecified atom stereocenters. The third-order valence-electron chi connectivity index (χ3n) is 2.52. The summed E-state index contributed by atoms with van der Waals surface area (Å²) >= 11 is 0. The number of methoxy groups -OCH3 is 1. The van der Waals surface area contributed by atoms with Crippen molar-refractivity contribution >= 4 is 12.2 Å². The molecular weight excluding hydrogens is 276 g/mol. The van der Waals surface area contributed by atoms with E-state index in [0.29, 0.717) is 19.4 Å². The predicted molar refractivity (Wildman–Crippen MR) is 76.9 cm³/mol. The lowest BCUT2D eigenvalue weighted by Crippen LogP contribution is -2.42. The van der Waals surface area contributed by atoms with Gasteiger partial charge >= 0.3 is 12.2 Å². The van der Waals surface area contributed by atoms with E-state index in [1.54, 1.807) is 27.0 Å². The van der Waals surface area contributed by atoms with Crippen LogP contribution < -0.4 is 0 Å². The van der Waals surface area contributed by atoms with Crippen molar-refractivity contribution in [1.29, 1.82) is 0 Å². The lowest BCUT2D eigenvalue weighted by molar-refractivity contribution is -0.180. The van der Waals surface area contributed by atoms with Crippen molar-refractivity contribution in [3.8, 4) is 0 Å². The van der Waals surface area contributed by atoms with Crippen molar-refractivity contribution in [2.75, 3.05) is 27.1 Å². The minimum absolute atomic E-state index is 0.0507. The Bertz CT molecular complexity index is 396. The zero-order valence-corrected chi connectivity index (χ0v) is 13.3. The van der Waals surface area contributed by atoms with Crippen LogP contribution in [0.5, 0.6) is 0 Å². The minimum Gasteiger partial charge on any atom is -0.447 e. The Morgan fingerprint density at radius 2 is 2.00 bits per heavy atom. The molecule has 1 atom stereocenters. The molecule has 0 radical (unpaired) electrons. The SMILES string of the molecule is COCCOCOC(C)(C)C(C=C(C)C)OC(=O)C=[N+]=[N-]. The maximum absolute atomic E-state index is 11.4. The van der Waals surface area contributed by atoms with Gasteiger partial charge in [-0.1, -0.05) is 5.57 Å². The van der Waals surface area contributed by atoms with Gasteiger partial charge in [0.25, 0.3) is 0 Å². The number of esters is 1. The van der Waals surface area contributed by atoms with E-state index in [0.717, 1.165) is 5.57 Å². The van der Waals surface area contributed by atoms with Gasteiger partial charge in [0.1, 0.15) is 18.5 Å². The van der Waals surface area contributed by atoms with Crippen LogP contribution >= 0.6 is 0 Å². The molecule has 0 heterocycles. The van der Waals surface area contributed by atoms with Crippen LogP contribution in [0.3, 0.4) is 0 Å². The van der Waals surface area contributed by atoms with Gasteiger partial charge in [-0.15, -0.1) is 0 Å². The number of ether oxygens (including phenoxy) is 4. The van der Waals surface area contributed by atoms with Gasteiger partial charge in [0.05, 0.1) is 13.2 Å². The molecule has 7 heteroatoms. The molecule has 0 rings (SSSR count). The van der Waals surface area contributed by atoms with Gasteiger partial charge < -0.3 is 24.5 Å². The quantitative estimate of drug-likeness (QED) is 0.116. The summed E-state index contributed by atoms with van der Waals surface area (Å²) in [6, 6.07) is 0. The van der Waals surface area contributed by atoms with Crippen molar-refractivity contribution in [1.82, 2.24) is 0 Å². The normalized spacial score (nSPS) is 12.2. The highest BCUT2D eigenvalue weighted by Crippen LogP contribution is 2.21. The van der Waals surface area contributed by atoms with E-state index in [1.165, 1.54) is 0 Å². The van der Waals surface area contributed by atoms with Crippen LogP contribution in [0.1, 0.15) is 27.7 Å². The Morgan fingerprint density at radius 3 is 2.52 bits per heavy atom. The predicted octanol–water partition coefficient (Wildman–Crippen LogP) is 1.58. The Hall–Kier alpha value is -1.53. The van der Waals surface area contributed by atoms with Crippen LogP contribution in [0, 0.1) is 0 Å². The molecule has 0 amide bonds. The number of carbonyl (C=O) groups excluding carboxylic acids is 1. The van der Waals surface area contributed by atoms with Gasteiger partial charge in [0.15, 0.2) is 0 Å². The average molecular weight is 300 g/mol. The summed E-state index contributed by atoms with van der Waals surface area (Å²) in [7, 11) is 1.58. The van der Waals surface area contributed by atoms with Gasteiger partial charge in [0, 0.05) is 7.11 Å². The number of rotatable bonds is 10. The summed E-state index contributed by atoms with van der Waals surface area (Å²) in [5, 5.41) is 0. The maximum atomic E-state index is 11.4. The molecule has 7 nitrogen and oxygen atoms in total. The van der Waals surface area contributed by atoms with Crippen LogP contribution in [0.25, 0.3) is 5.53 Å². The Labute approximate surface area is 125 Å². The van der Waals surface area contributed by atoms with Crippen LogP contribution in [0.15, 0.2) is 11.6 Å². The second kappa shape index (κ2) is 10.2. The molecule has 120 valence electrons. The van der Waals surface area contributed by atoms with Gasteiger partial charge in [-0.25, -0.2) is 4.79 Å². The standard InChI is InChI=1S/C14H24N2O5/c1-11(2)8-12(21-13(17)9-16-15)14(3,4)20-10-19-7-6-18-5/h8-9,12H,6-7,10H2,1-5H3. The van der Waals surface area contributed by atoms with Crippen molar-refractivity contribution < 1.29 is 28.5 Å². The topological polar surface area (TPSA) is 90.4 Å². The molecule has 0 aromatic heterocycles. The zero-order chi connectivity index (χ0) is 16.3. The van der Waals surface area contributed by atoms with Gasteiger partial charge in [0.2, 0.25) is 0 Å². The number of hydrogen-bond donors (Lipinski definition) is 0. The third kappa shape index (κ3) is 9.10. The van der Waals surface area contributed by atoms with E-state index in [4.69, 9.17) is 24.5 Å². The van der Waals surface area contributed by atoms with Crippen LogP contribution in [-0.2, 0) is 23.7 Å². The summed E-state index contributed by atoms with van der Waals surface area (Å²) in [5.41, 5.74) is 8.51. The number of hydrogen-bond acceptors (Lipinski definition) is 5. The van der Waals surface area contributed by atoms with Crippen molar-refractivity contribution in [3.05, 3.63) is 17.2 Å². The van der Waals surface area contributed by atoms with Crippen LogP contribution in [-0.4, -0.2) is 55.8 Å². The Kier molecular flexibility index (Phi) is 9.49. The van der Waals surface area contributed by atoms with E-state index >= 15 is 0 Å². The smallest absolute Gasteiger partial charge is 0.414 e. The fourth-order valence-electron chi connectivity index (χ4n) is 1.36. The second-order valence-electron chi connectivity index (χ2n) is 5.11. The minimum atomic E-state index is -0.802. The Morgan fingerprint density at radius 1 is 1.33 bits per heavy atom. The first-order valence-electron chi connectivity index (χ1n) is 6.57. The lowest BCUT2D eigenvalue weighted by Gasteiger charge is -2.31. The van der Waals surface area contributed by atoms with Crippen molar-refractivity contribution in [2.24, 2.45) is 0 Å². The molecule has 0 saturated carbocycles. The van der Waals surface area contributed by atoms with Crippen molar-refractivity contribution in [3.63, 3.8) is 0 Å². The third-order valence-corrected chi connectivity index (χ3v) is 2.52. The van der Waals surface area contributed by atoms with E-state index < -0.39 is 17.7 Å². The van der Waals surface area contributed by atoms with Gasteiger partial charge in [-0.05, 0) is 33.8 Å². The molecule has 0 aliphatic carbocycles. The Balaban J connectivity index is 4.67. The first kappa shape index (κ1) is 19.5. The summed E-state index contributed by atoms with van der Waals surface area (Å²) in [6.07, 6.45) is 1.81. The van der Waals surface area contributed by atoms with Crippen molar-refractivity contribution in [2.45, 2.75) is 39.4 Å². The summed E-state index contributed by atoms with van der Waals surface area (Å²) in [5.74, 6) is -0.753. The number of allylic oxidation sites excluding steroid dienone is 1. The number of nitrogens with zero attached hydrogens (tertiary/aromatic N) is 2. The highest BCUT2D eigenvalue weighted by molar-refractivity contribution is 6.20. The molecule has 0 fully saturated rings. The molecule has 0 aliphatic rings. The molecule has 0 spiro atoms. The first-order valence-corrected chi connectivity index (χ1v) is 6.57. The molecule has 0 bridgehead atoms. The lowest BCUT2D eigenvalue weighted by atomic mass is 9.99. The molecule has 0 aromatic rings. The fraction of sp³-hybridized carbons (Fsp3) is 0.714. The summed E-state index contributed by atoms with van der Waals surface area (Å²) in [6.45, 7) is 8.26. The second-order valence-corrected chi connectivity index (χ2v) is 5.11. The highest BCUT2D eigenvalue weighted by Gasteiger charge is 2.32. The van der Waals surface area contributed by atoms with Crippen LogP contribution in [0.4, 0.5) is 0 Å². The first-order chi connectivity index (χ1) is 9.83. The molecule has 21 heavy (non-hydrogen) atoms. The number of carbonyl (C=O) groups is 1. The van der Waals surface area contributed by atoms with E-state index in [9.17, 15) is 4.79 Å². The fourth-order valence-corrected chi connectivity index (χ4v) is 1.36. The van der Waals surface area contributed by atoms with E-state index in [-0.39, 0.29) is 6.79 Å². The highest BCUT2D eigenvalue weighted by atomic mass is 16.7. The summed E-state index contributed by atoms with van der Waals surface area (Å²) < 4.78 is 20.9. The maximum Gasteiger partial charge on any atom is 0.414 e. The molecule has 0 aliphatic heterocycles. The largest absolute Gasteiger partial charge is 0.447 e. The van der Waals surface area contributed by atoms with E-state index in [2.05, 4.69) is 4.79 Å². The average Bonchev–Trinajstić information content (AvgIpc) is 2.37. The zero-order valence-electron chi connectivity index (χ0n) is 13.3. The van der Waals surface area contributed by atoms with Crippen LogP contribution in [0.2, 0.25) is 0 Å². The summed E-state index contributed by atoms with van der Waals surface area (Å²) in [4.78, 5) is 14.1. The monoisotopic (exact) mass is 300 g/mol.